The predicted octanol–water partition coefficient (Wildman–Crippen LogP) is 0.719. The van der Waals surface area contributed by atoms with Crippen molar-refractivity contribution >= 4 is 11.9 Å². The molecule has 0 aromatic heterocycles. The van der Waals surface area contributed by atoms with Crippen molar-refractivity contribution in [2.45, 2.75) is 13.2 Å². The van der Waals surface area contributed by atoms with Gasteiger partial charge in [-0.05, 0) is 6.92 Å². The standard InChI is InChI=1S/C6H8O3.C3H4O2/c1-4(2)6(7)9-5-3-8-5;1-2-3(4)5/h5H,1,3H2,2H3;2H,1H2,(H,4,5). The summed E-state index contributed by atoms with van der Waals surface area (Å²) in [6.07, 6.45) is 0.536. The van der Waals surface area contributed by atoms with Gasteiger partial charge in [-0.2, -0.15) is 0 Å². The average molecular weight is 200 g/mol. The number of ether oxygens (including phenoxy) is 2. The van der Waals surface area contributed by atoms with Crippen LogP contribution in [0.4, 0.5) is 0 Å². The normalized spacial score (nSPS) is 17.1. The van der Waals surface area contributed by atoms with Crippen LogP contribution in [-0.4, -0.2) is 29.9 Å². The van der Waals surface area contributed by atoms with Gasteiger partial charge in [-0.15, -0.1) is 0 Å². The molecule has 14 heavy (non-hydrogen) atoms. The van der Waals surface area contributed by atoms with Crippen molar-refractivity contribution in [1.29, 1.82) is 0 Å². The van der Waals surface area contributed by atoms with E-state index in [2.05, 4.69) is 22.6 Å². The monoisotopic (exact) mass is 200 g/mol. The van der Waals surface area contributed by atoms with Crippen LogP contribution in [0, 0.1) is 0 Å². The van der Waals surface area contributed by atoms with Crippen LogP contribution in [0.2, 0.25) is 0 Å². The Kier molecular flexibility index (Phi) is 5.24. The molecular weight excluding hydrogens is 188 g/mol. The van der Waals surface area contributed by atoms with Gasteiger partial charge >= 0.3 is 11.9 Å². The molecule has 1 atom stereocenters. The number of rotatable bonds is 3. The van der Waals surface area contributed by atoms with E-state index < -0.39 is 5.97 Å². The number of hydrogen-bond donors (Lipinski definition) is 1. The lowest BCUT2D eigenvalue weighted by molar-refractivity contribution is -0.143. The van der Waals surface area contributed by atoms with Crippen LogP contribution in [0.15, 0.2) is 24.8 Å². The van der Waals surface area contributed by atoms with Gasteiger partial charge in [0.2, 0.25) is 6.29 Å². The summed E-state index contributed by atoms with van der Waals surface area (Å²) < 4.78 is 9.31. The highest BCUT2D eigenvalue weighted by Crippen LogP contribution is 2.11. The summed E-state index contributed by atoms with van der Waals surface area (Å²) in [7, 11) is 0. The Labute approximate surface area is 81.6 Å². The second kappa shape index (κ2) is 5.93. The first-order valence-corrected chi connectivity index (χ1v) is 3.80. The topological polar surface area (TPSA) is 76.1 Å². The third-order valence-corrected chi connectivity index (χ3v) is 1.06. The van der Waals surface area contributed by atoms with Crippen molar-refractivity contribution in [3.8, 4) is 0 Å². The molecule has 0 aromatic carbocycles. The molecule has 1 fully saturated rings. The third kappa shape index (κ3) is 7.05. The molecule has 1 saturated heterocycles. The van der Waals surface area contributed by atoms with Crippen LogP contribution in [0.25, 0.3) is 0 Å². The zero-order valence-corrected chi connectivity index (χ0v) is 7.86. The van der Waals surface area contributed by atoms with E-state index in [4.69, 9.17) is 5.11 Å². The first kappa shape index (κ1) is 12.4. The van der Waals surface area contributed by atoms with E-state index in [0.29, 0.717) is 12.2 Å². The van der Waals surface area contributed by atoms with E-state index in [9.17, 15) is 9.59 Å². The van der Waals surface area contributed by atoms with Gasteiger partial charge in [0.1, 0.15) is 6.61 Å². The maximum absolute atomic E-state index is 10.6. The summed E-state index contributed by atoms with van der Waals surface area (Å²) >= 11 is 0. The molecule has 1 N–H and O–H groups in total. The van der Waals surface area contributed by atoms with Gasteiger partial charge in [0.25, 0.3) is 0 Å². The SMILES string of the molecule is C=C(C)C(=O)OC1CO1.C=CC(=O)O. The van der Waals surface area contributed by atoms with E-state index in [-0.39, 0.29) is 12.3 Å². The number of carboxylic acid groups (broad SMARTS) is 1. The maximum atomic E-state index is 10.6. The minimum absolute atomic E-state index is 0.297. The van der Waals surface area contributed by atoms with E-state index in [1.807, 2.05) is 0 Å². The molecule has 1 rings (SSSR count). The first-order valence-electron chi connectivity index (χ1n) is 3.80. The maximum Gasteiger partial charge on any atom is 0.335 e. The molecule has 5 nitrogen and oxygen atoms in total. The van der Waals surface area contributed by atoms with E-state index in [1.54, 1.807) is 6.92 Å². The zero-order valence-electron chi connectivity index (χ0n) is 7.86. The zero-order chi connectivity index (χ0) is 11.1. The van der Waals surface area contributed by atoms with Gasteiger partial charge < -0.3 is 14.6 Å². The molecule has 0 spiro atoms. The highest BCUT2D eigenvalue weighted by molar-refractivity contribution is 5.87. The Bertz CT molecular complexity index is 252. The molecule has 1 heterocycles. The van der Waals surface area contributed by atoms with E-state index >= 15 is 0 Å². The molecule has 1 aliphatic rings. The Balaban J connectivity index is 0.000000292. The molecular formula is C9H12O5. The summed E-state index contributed by atoms with van der Waals surface area (Å²) in [6.45, 7) is 8.50. The van der Waals surface area contributed by atoms with Gasteiger partial charge in [-0.1, -0.05) is 13.2 Å². The van der Waals surface area contributed by atoms with Crippen LogP contribution in [0.5, 0.6) is 0 Å². The molecule has 0 aromatic rings. The predicted molar refractivity (Wildman–Crippen MR) is 48.5 cm³/mol. The van der Waals surface area contributed by atoms with Gasteiger partial charge in [-0.3, -0.25) is 0 Å². The van der Waals surface area contributed by atoms with Gasteiger partial charge in [0, 0.05) is 11.6 Å². The quantitative estimate of drug-likeness (QED) is 0.412. The summed E-state index contributed by atoms with van der Waals surface area (Å²) in [6, 6.07) is 0. The van der Waals surface area contributed by atoms with Crippen molar-refractivity contribution in [1.82, 2.24) is 0 Å². The Morgan fingerprint density at radius 1 is 1.64 bits per heavy atom. The summed E-state index contributed by atoms with van der Waals surface area (Å²) in [5, 5.41) is 7.60. The molecule has 5 heteroatoms. The molecule has 78 valence electrons. The fraction of sp³-hybridized carbons (Fsp3) is 0.333. The lowest BCUT2D eigenvalue weighted by Gasteiger charge is -1.96. The molecule has 0 amide bonds. The number of carbonyl (C=O) groups is 2. The van der Waals surface area contributed by atoms with E-state index in [1.165, 1.54) is 0 Å². The number of epoxide rings is 1. The molecule has 1 unspecified atom stereocenters. The third-order valence-electron chi connectivity index (χ3n) is 1.06. The van der Waals surface area contributed by atoms with Crippen LogP contribution in [-0.2, 0) is 19.1 Å². The fourth-order valence-electron chi connectivity index (χ4n) is 0.327. The lowest BCUT2D eigenvalue weighted by atomic mass is 10.4. The van der Waals surface area contributed by atoms with Gasteiger partial charge in [0.05, 0.1) is 0 Å². The summed E-state index contributed by atoms with van der Waals surface area (Å²) in [4.78, 5) is 19.8. The highest BCUT2D eigenvalue weighted by atomic mass is 16.8. The molecule has 0 radical (unpaired) electrons. The van der Waals surface area contributed by atoms with Crippen molar-refractivity contribution in [3.63, 3.8) is 0 Å². The molecule has 0 saturated carbocycles. The minimum Gasteiger partial charge on any atom is -0.478 e. The number of esters is 1. The van der Waals surface area contributed by atoms with Gasteiger partial charge in [-0.25, -0.2) is 9.59 Å². The number of carboxylic acids is 1. The number of carbonyl (C=O) groups excluding carboxylic acids is 1. The minimum atomic E-state index is -0.981. The molecule has 1 aliphatic heterocycles. The number of hydrogen-bond acceptors (Lipinski definition) is 4. The van der Waals surface area contributed by atoms with Crippen molar-refractivity contribution in [2.24, 2.45) is 0 Å². The second-order valence-electron chi connectivity index (χ2n) is 2.49. The first-order chi connectivity index (χ1) is 6.47. The largest absolute Gasteiger partial charge is 0.478 e. The van der Waals surface area contributed by atoms with Gasteiger partial charge in [0.15, 0.2) is 0 Å². The molecule has 0 bridgehead atoms. The average Bonchev–Trinajstić information content (AvgIpc) is 2.89. The fourth-order valence-corrected chi connectivity index (χ4v) is 0.327. The Morgan fingerprint density at radius 3 is 2.29 bits per heavy atom. The van der Waals surface area contributed by atoms with Crippen molar-refractivity contribution in [2.75, 3.05) is 6.61 Å². The van der Waals surface area contributed by atoms with Crippen LogP contribution < -0.4 is 0 Å². The second-order valence-corrected chi connectivity index (χ2v) is 2.49. The molecule has 0 aliphatic carbocycles. The van der Waals surface area contributed by atoms with Crippen molar-refractivity contribution < 1.29 is 24.2 Å². The Morgan fingerprint density at radius 2 is 2.07 bits per heavy atom. The smallest absolute Gasteiger partial charge is 0.335 e. The van der Waals surface area contributed by atoms with Crippen LogP contribution in [0.3, 0.4) is 0 Å². The summed E-state index contributed by atoms with van der Waals surface area (Å²) in [5.41, 5.74) is 0.408. The summed E-state index contributed by atoms with van der Waals surface area (Å²) in [5.74, 6) is -1.36. The van der Waals surface area contributed by atoms with Crippen molar-refractivity contribution in [3.05, 3.63) is 24.8 Å². The highest BCUT2D eigenvalue weighted by Gasteiger charge is 2.27. The van der Waals surface area contributed by atoms with Crippen LogP contribution in [0.1, 0.15) is 6.92 Å². The van der Waals surface area contributed by atoms with Crippen LogP contribution >= 0.6 is 0 Å². The number of aliphatic carboxylic acids is 1. The van der Waals surface area contributed by atoms with E-state index in [0.717, 1.165) is 6.08 Å². The Hall–Kier alpha value is -1.62. The lowest BCUT2D eigenvalue weighted by Crippen LogP contribution is -2.06.